The summed E-state index contributed by atoms with van der Waals surface area (Å²) in [5.74, 6) is 0.701. The average molecular weight is 276 g/mol. The van der Waals surface area contributed by atoms with E-state index in [0.29, 0.717) is 17.0 Å². The predicted molar refractivity (Wildman–Crippen MR) is 79.7 cm³/mol. The van der Waals surface area contributed by atoms with Crippen LogP contribution in [0.2, 0.25) is 0 Å². The van der Waals surface area contributed by atoms with Crippen LogP contribution in [0, 0.1) is 18.3 Å². The first-order chi connectivity index (χ1) is 10.2. The van der Waals surface area contributed by atoms with Crippen molar-refractivity contribution in [1.29, 1.82) is 5.26 Å². The summed E-state index contributed by atoms with van der Waals surface area (Å²) in [4.78, 5) is 14.6. The highest BCUT2D eigenvalue weighted by Crippen LogP contribution is 2.33. The molecule has 1 aromatic carbocycles. The van der Waals surface area contributed by atoms with Gasteiger partial charge in [-0.25, -0.2) is 0 Å². The molecule has 0 aliphatic heterocycles. The Morgan fingerprint density at radius 3 is 2.52 bits per heavy atom. The number of nitrogens with one attached hydrogen (secondary N) is 1. The molecular weight excluding hydrogens is 264 g/mol. The van der Waals surface area contributed by atoms with E-state index in [1.165, 1.54) is 0 Å². The van der Waals surface area contributed by atoms with E-state index in [9.17, 15) is 10.1 Å². The van der Waals surface area contributed by atoms with E-state index in [1.54, 1.807) is 19.3 Å². The Kier molecular flexibility index (Phi) is 3.17. The molecule has 0 saturated heterocycles. The predicted octanol–water partition coefficient (Wildman–Crippen LogP) is 3.48. The fourth-order valence-electron chi connectivity index (χ4n) is 2.38. The molecule has 1 N–H and O–H groups in total. The van der Waals surface area contributed by atoms with Gasteiger partial charge in [-0.1, -0.05) is 24.3 Å². The molecule has 0 fully saturated rings. The first-order valence-electron chi connectivity index (χ1n) is 6.48. The van der Waals surface area contributed by atoms with E-state index in [0.717, 1.165) is 11.1 Å². The molecule has 0 unspecified atom stereocenters. The maximum Gasteiger partial charge on any atom is 0.266 e. The molecule has 0 aliphatic carbocycles. The molecule has 0 atom stereocenters. The van der Waals surface area contributed by atoms with Gasteiger partial charge in [0.05, 0.1) is 6.26 Å². The van der Waals surface area contributed by atoms with Gasteiger partial charge in [0.15, 0.2) is 0 Å². The van der Waals surface area contributed by atoms with Crippen LogP contribution in [-0.2, 0) is 0 Å². The fourth-order valence-corrected chi connectivity index (χ4v) is 2.38. The normalized spacial score (nSPS) is 10.3. The van der Waals surface area contributed by atoms with Gasteiger partial charge in [0.1, 0.15) is 17.4 Å². The zero-order valence-corrected chi connectivity index (χ0v) is 11.4. The van der Waals surface area contributed by atoms with Gasteiger partial charge in [0, 0.05) is 16.8 Å². The molecule has 0 aliphatic rings. The Balaban J connectivity index is 2.33. The minimum absolute atomic E-state index is 0.111. The number of aromatic amines is 1. The lowest BCUT2D eigenvalue weighted by Crippen LogP contribution is -2.12. The maximum atomic E-state index is 12.0. The number of nitriles is 1. The lowest BCUT2D eigenvalue weighted by molar-refractivity contribution is 0.582. The fraction of sp³-hybridized carbons (Fsp3) is 0.0588. The lowest BCUT2D eigenvalue weighted by atomic mass is 9.95. The maximum absolute atomic E-state index is 12.0. The monoisotopic (exact) mass is 276 g/mol. The van der Waals surface area contributed by atoms with Crippen LogP contribution in [0.3, 0.4) is 0 Å². The Hall–Kier alpha value is -3.06. The van der Waals surface area contributed by atoms with Crippen LogP contribution >= 0.6 is 0 Å². The van der Waals surface area contributed by atoms with Gasteiger partial charge in [0.25, 0.3) is 5.56 Å². The molecule has 21 heavy (non-hydrogen) atoms. The average Bonchev–Trinajstić information content (AvgIpc) is 3.00. The van der Waals surface area contributed by atoms with Crippen molar-refractivity contribution in [2.75, 3.05) is 0 Å². The number of benzene rings is 1. The third kappa shape index (κ3) is 2.26. The summed E-state index contributed by atoms with van der Waals surface area (Å²) in [6.45, 7) is 1.79. The highest BCUT2D eigenvalue weighted by Gasteiger charge is 2.15. The Morgan fingerprint density at radius 1 is 1.10 bits per heavy atom. The third-order valence-electron chi connectivity index (χ3n) is 3.28. The van der Waals surface area contributed by atoms with Gasteiger partial charge in [0.2, 0.25) is 0 Å². The Labute approximate surface area is 121 Å². The highest BCUT2D eigenvalue weighted by molar-refractivity contribution is 5.84. The van der Waals surface area contributed by atoms with Gasteiger partial charge in [-0.05, 0) is 30.7 Å². The van der Waals surface area contributed by atoms with Crippen LogP contribution in [-0.4, -0.2) is 4.98 Å². The van der Waals surface area contributed by atoms with E-state index in [1.807, 2.05) is 42.5 Å². The van der Waals surface area contributed by atoms with E-state index in [-0.39, 0.29) is 11.1 Å². The van der Waals surface area contributed by atoms with Gasteiger partial charge in [-0.2, -0.15) is 5.26 Å². The molecule has 4 heteroatoms. The van der Waals surface area contributed by atoms with Crippen molar-refractivity contribution < 1.29 is 4.42 Å². The molecule has 2 aromatic heterocycles. The largest absolute Gasteiger partial charge is 0.464 e. The summed E-state index contributed by atoms with van der Waals surface area (Å²) < 4.78 is 5.45. The standard InChI is InChI=1S/C17H12N2O2/c1-11-9-14(15(10-18)17(20)19-11)12-5-2-3-6-13(12)16-7-4-8-21-16/h2-9H,1H3,(H,19,20). The molecule has 2 heterocycles. The van der Waals surface area contributed by atoms with Crippen LogP contribution in [0.1, 0.15) is 11.3 Å². The van der Waals surface area contributed by atoms with Crippen molar-refractivity contribution in [2.24, 2.45) is 0 Å². The third-order valence-corrected chi connectivity index (χ3v) is 3.28. The quantitative estimate of drug-likeness (QED) is 0.779. The minimum Gasteiger partial charge on any atom is -0.464 e. The summed E-state index contributed by atoms with van der Waals surface area (Å²) in [6, 6.07) is 15.0. The van der Waals surface area contributed by atoms with Gasteiger partial charge >= 0.3 is 0 Å². The van der Waals surface area contributed by atoms with E-state index < -0.39 is 0 Å². The molecule has 0 radical (unpaired) electrons. The summed E-state index contributed by atoms with van der Waals surface area (Å²) in [5, 5.41) is 9.28. The number of aromatic nitrogens is 1. The number of pyridine rings is 1. The topological polar surface area (TPSA) is 69.8 Å². The molecule has 4 nitrogen and oxygen atoms in total. The summed E-state index contributed by atoms with van der Waals surface area (Å²) in [5.41, 5.74) is 2.72. The Bertz CT molecular complexity index is 884. The number of hydrogen-bond acceptors (Lipinski definition) is 3. The van der Waals surface area contributed by atoms with Crippen LogP contribution < -0.4 is 5.56 Å². The van der Waals surface area contributed by atoms with Gasteiger partial charge in [-0.15, -0.1) is 0 Å². The number of furan rings is 1. The van der Waals surface area contributed by atoms with E-state index >= 15 is 0 Å². The summed E-state index contributed by atoms with van der Waals surface area (Å²) in [6.07, 6.45) is 1.60. The summed E-state index contributed by atoms with van der Waals surface area (Å²) >= 11 is 0. The van der Waals surface area contributed by atoms with Crippen molar-refractivity contribution in [2.45, 2.75) is 6.92 Å². The summed E-state index contributed by atoms with van der Waals surface area (Å²) in [7, 11) is 0. The van der Waals surface area contributed by atoms with Gasteiger partial charge in [-0.3, -0.25) is 4.79 Å². The van der Waals surface area contributed by atoms with Crippen molar-refractivity contribution in [3.05, 3.63) is 70.3 Å². The van der Waals surface area contributed by atoms with Crippen LogP contribution in [0.15, 0.2) is 57.9 Å². The first kappa shape index (κ1) is 12.9. The van der Waals surface area contributed by atoms with Crippen LogP contribution in [0.5, 0.6) is 0 Å². The molecule has 0 bridgehead atoms. The number of nitrogens with zero attached hydrogens (tertiary/aromatic N) is 1. The van der Waals surface area contributed by atoms with E-state index in [2.05, 4.69) is 4.98 Å². The SMILES string of the molecule is Cc1cc(-c2ccccc2-c2ccco2)c(C#N)c(=O)[nH]1. The molecule has 3 rings (SSSR count). The second kappa shape index (κ2) is 5.14. The zero-order valence-electron chi connectivity index (χ0n) is 11.4. The molecule has 0 amide bonds. The van der Waals surface area contributed by atoms with Crippen molar-refractivity contribution in [3.8, 4) is 28.5 Å². The number of aryl methyl sites for hydroxylation is 1. The molecule has 102 valence electrons. The van der Waals surface area contributed by atoms with Crippen molar-refractivity contribution in [1.82, 2.24) is 4.98 Å². The molecule has 0 saturated carbocycles. The number of H-pyrrole nitrogens is 1. The molecular formula is C17H12N2O2. The van der Waals surface area contributed by atoms with Crippen LogP contribution in [0.25, 0.3) is 22.5 Å². The smallest absolute Gasteiger partial charge is 0.266 e. The number of hydrogen-bond donors (Lipinski definition) is 1. The zero-order chi connectivity index (χ0) is 14.8. The number of rotatable bonds is 2. The minimum atomic E-state index is -0.373. The van der Waals surface area contributed by atoms with Crippen molar-refractivity contribution in [3.63, 3.8) is 0 Å². The van der Waals surface area contributed by atoms with Crippen LogP contribution in [0.4, 0.5) is 0 Å². The molecule has 3 aromatic rings. The van der Waals surface area contributed by atoms with E-state index in [4.69, 9.17) is 4.42 Å². The van der Waals surface area contributed by atoms with Gasteiger partial charge < -0.3 is 9.40 Å². The highest BCUT2D eigenvalue weighted by atomic mass is 16.3. The lowest BCUT2D eigenvalue weighted by Gasteiger charge is -2.09. The second-order valence-electron chi connectivity index (χ2n) is 4.70. The first-order valence-corrected chi connectivity index (χ1v) is 6.48. The Morgan fingerprint density at radius 2 is 1.86 bits per heavy atom. The second-order valence-corrected chi connectivity index (χ2v) is 4.70. The van der Waals surface area contributed by atoms with Crippen molar-refractivity contribution >= 4 is 0 Å². The molecule has 0 spiro atoms.